The van der Waals surface area contributed by atoms with E-state index in [-0.39, 0.29) is 38.9 Å². The first-order chi connectivity index (χ1) is 7.60. The Labute approximate surface area is 99.4 Å². The zero-order valence-corrected chi connectivity index (χ0v) is 9.71. The topological polar surface area (TPSA) is 99.4 Å². The molecule has 0 aromatic carbocycles. The summed E-state index contributed by atoms with van der Waals surface area (Å²) in [7, 11) is 0. The average Bonchev–Trinajstić information content (AvgIpc) is 2.28. The number of ether oxygens (including phenoxy) is 2. The van der Waals surface area contributed by atoms with Crippen LogP contribution in [0.5, 0.6) is 0 Å². The van der Waals surface area contributed by atoms with Crippen molar-refractivity contribution in [2.45, 2.75) is 18.3 Å². The Balaban J connectivity index is 3.34. The molecule has 3 unspecified atom stereocenters. The maximum atomic E-state index is 9.31. The van der Waals surface area contributed by atoms with E-state index in [1.165, 1.54) is 0 Å². The van der Waals surface area contributed by atoms with Gasteiger partial charge < -0.3 is 29.9 Å². The normalized spacial score (nSPS) is 17.1. The van der Waals surface area contributed by atoms with Gasteiger partial charge in [-0.3, -0.25) is 0 Å². The van der Waals surface area contributed by atoms with Crippen molar-refractivity contribution in [1.29, 1.82) is 0 Å². The van der Waals surface area contributed by atoms with Gasteiger partial charge in [-0.15, -0.1) is 11.6 Å². The largest absolute Gasteiger partial charge is 0.394 e. The highest BCUT2D eigenvalue weighted by Gasteiger charge is 2.08. The molecule has 0 heterocycles. The molecule has 0 spiro atoms. The van der Waals surface area contributed by atoms with E-state index in [1.54, 1.807) is 0 Å². The summed E-state index contributed by atoms with van der Waals surface area (Å²) in [5.41, 5.74) is 0. The maximum absolute atomic E-state index is 9.31. The standard InChI is InChI=1S/C9H19ClO6/c10-1-7(12)3-15-5-9(14)6-16-4-8(13)2-11/h7-9,11-14H,1-6H2. The molecule has 0 radical (unpaired) electrons. The van der Waals surface area contributed by atoms with Crippen LogP contribution in [-0.2, 0) is 9.47 Å². The number of alkyl halides is 1. The first-order valence-electron chi connectivity index (χ1n) is 4.96. The molecular weight excluding hydrogens is 240 g/mol. The van der Waals surface area contributed by atoms with Crippen LogP contribution in [0.15, 0.2) is 0 Å². The lowest BCUT2D eigenvalue weighted by molar-refractivity contribution is -0.0562. The maximum Gasteiger partial charge on any atom is 0.101 e. The summed E-state index contributed by atoms with van der Waals surface area (Å²) in [6, 6.07) is 0. The molecule has 0 amide bonds. The fourth-order valence-electron chi connectivity index (χ4n) is 0.826. The molecule has 0 saturated heterocycles. The molecule has 0 saturated carbocycles. The molecule has 4 N–H and O–H groups in total. The van der Waals surface area contributed by atoms with Gasteiger partial charge in [0.2, 0.25) is 0 Å². The van der Waals surface area contributed by atoms with Crippen LogP contribution in [0.4, 0.5) is 0 Å². The van der Waals surface area contributed by atoms with Gasteiger partial charge in [-0.1, -0.05) is 0 Å². The van der Waals surface area contributed by atoms with Crippen LogP contribution in [0, 0.1) is 0 Å². The Kier molecular flexibility index (Phi) is 10.3. The summed E-state index contributed by atoms with van der Waals surface area (Å²) < 4.78 is 9.86. The Morgan fingerprint density at radius 1 is 0.812 bits per heavy atom. The van der Waals surface area contributed by atoms with Crippen molar-refractivity contribution in [2.75, 3.05) is 38.9 Å². The molecule has 0 aliphatic rings. The van der Waals surface area contributed by atoms with E-state index in [2.05, 4.69) is 0 Å². The highest BCUT2D eigenvalue weighted by Crippen LogP contribution is 1.93. The van der Waals surface area contributed by atoms with Crippen LogP contribution in [0.25, 0.3) is 0 Å². The lowest BCUT2D eigenvalue weighted by Crippen LogP contribution is -2.28. The second-order valence-electron chi connectivity index (χ2n) is 3.37. The van der Waals surface area contributed by atoms with E-state index in [9.17, 15) is 5.11 Å². The lowest BCUT2D eigenvalue weighted by Gasteiger charge is -2.14. The van der Waals surface area contributed by atoms with Crippen LogP contribution in [-0.4, -0.2) is 77.7 Å². The summed E-state index contributed by atoms with van der Waals surface area (Å²) in [6.45, 7) is -0.358. The van der Waals surface area contributed by atoms with E-state index in [4.69, 9.17) is 36.4 Å². The fourth-order valence-corrected chi connectivity index (χ4v) is 0.915. The van der Waals surface area contributed by atoms with Crippen molar-refractivity contribution in [1.82, 2.24) is 0 Å². The molecule has 0 aliphatic heterocycles. The Bertz CT molecular complexity index is 143. The number of rotatable bonds is 10. The number of aliphatic hydroxyl groups is 4. The third-order valence-corrected chi connectivity index (χ3v) is 1.99. The lowest BCUT2D eigenvalue weighted by atomic mass is 10.4. The van der Waals surface area contributed by atoms with Gasteiger partial charge in [0.15, 0.2) is 0 Å². The molecule has 0 aromatic rings. The zero-order chi connectivity index (χ0) is 12.4. The minimum Gasteiger partial charge on any atom is -0.394 e. The van der Waals surface area contributed by atoms with Crippen molar-refractivity contribution in [3.8, 4) is 0 Å². The van der Waals surface area contributed by atoms with E-state index in [0.717, 1.165) is 0 Å². The Morgan fingerprint density at radius 2 is 1.25 bits per heavy atom. The SMILES string of the molecule is OCC(O)COCC(O)COCC(O)CCl. The molecular formula is C9H19ClO6. The van der Waals surface area contributed by atoms with Crippen molar-refractivity contribution in [2.24, 2.45) is 0 Å². The van der Waals surface area contributed by atoms with Crippen molar-refractivity contribution < 1.29 is 29.9 Å². The van der Waals surface area contributed by atoms with Gasteiger partial charge in [0.05, 0.1) is 45.0 Å². The molecule has 0 rings (SSSR count). The monoisotopic (exact) mass is 258 g/mol. The van der Waals surface area contributed by atoms with Crippen LogP contribution < -0.4 is 0 Å². The average molecular weight is 259 g/mol. The molecule has 0 bridgehead atoms. The van der Waals surface area contributed by atoms with Gasteiger partial charge in [-0.05, 0) is 0 Å². The van der Waals surface area contributed by atoms with Gasteiger partial charge in [-0.2, -0.15) is 0 Å². The zero-order valence-electron chi connectivity index (χ0n) is 8.96. The summed E-state index contributed by atoms with van der Waals surface area (Å²) in [5, 5.41) is 35.7. The molecule has 0 aromatic heterocycles. The quantitative estimate of drug-likeness (QED) is 0.350. The number of hydrogen-bond donors (Lipinski definition) is 4. The van der Waals surface area contributed by atoms with E-state index in [0.29, 0.717) is 0 Å². The smallest absolute Gasteiger partial charge is 0.101 e. The minimum absolute atomic E-state index is 0.00592. The second kappa shape index (κ2) is 10.2. The van der Waals surface area contributed by atoms with Gasteiger partial charge in [0.25, 0.3) is 0 Å². The predicted molar refractivity (Wildman–Crippen MR) is 57.5 cm³/mol. The van der Waals surface area contributed by atoms with Crippen LogP contribution in [0.1, 0.15) is 0 Å². The third-order valence-electron chi connectivity index (χ3n) is 1.63. The van der Waals surface area contributed by atoms with Gasteiger partial charge in [-0.25, -0.2) is 0 Å². The summed E-state index contributed by atoms with van der Waals surface area (Å²) in [5.74, 6) is 0.0787. The fraction of sp³-hybridized carbons (Fsp3) is 1.00. The summed E-state index contributed by atoms with van der Waals surface area (Å²) >= 11 is 5.33. The van der Waals surface area contributed by atoms with Gasteiger partial charge in [0.1, 0.15) is 12.2 Å². The first-order valence-corrected chi connectivity index (χ1v) is 5.50. The second-order valence-corrected chi connectivity index (χ2v) is 3.68. The minimum atomic E-state index is -0.939. The van der Waals surface area contributed by atoms with E-state index >= 15 is 0 Å². The molecule has 6 nitrogen and oxygen atoms in total. The summed E-state index contributed by atoms with van der Waals surface area (Å²) in [4.78, 5) is 0. The molecule has 16 heavy (non-hydrogen) atoms. The molecule has 0 aliphatic carbocycles. The number of aliphatic hydroxyl groups excluding tert-OH is 4. The highest BCUT2D eigenvalue weighted by molar-refractivity contribution is 6.18. The van der Waals surface area contributed by atoms with Crippen molar-refractivity contribution in [3.63, 3.8) is 0 Å². The molecule has 0 fully saturated rings. The Hall–Kier alpha value is 0.0500. The Morgan fingerprint density at radius 3 is 1.69 bits per heavy atom. The van der Waals surface area contributed by atoms with Gasteiger partial charge in [0, 0.05) is 0 Å². The number of hydrogen-bond acceptors (Lipinski definition) is 6. The van der Waals surface area contributed by atoms with Gasteiger partial charge >= 0.3 is 0 Å². The molecule has 3 atom stereocenters. The first kappa shape index (κ1) is 16.1. The van der Waals surface area contributed by atoms with Crippen molar-refractivity contribution >= 4 is 11.6 Å². The van der Waals surface area contributed by atoms with E-state index in [1.807, 2.05) is 0 Å². The van der Waals surface area contributed by atoms with E-state index < -0.39 is 18.3 Å². The summed E-state index contributed by atoms with van der Waals surface area (Å²) in [6.07, 6.45) is -2.52. The number of halogens is 1. The third kappa shape index (κ3) is 9.29. The van der Waals surface area contributed by atoms with Crippen LogP contribution in [0.3, 0.4) is 0 Å². The molecule has 7 heteroatoms. The van der Waals surface area contributed by atoms with Crippen molar-refractivity contribution in [3.05, 3.63) is 0 Å². The predicted octanol–water partition coefficient (Wildman–Crippen LogP) is -1.67. The van der Waals surface area contributed by atoms with Crippen LogP contribution in [0.2, 0.25) is 0 Å². The van der Waals surface area contributed by atoms with Crippen LogP contribution >= 0.6 is 11.6 Å². The highest BCUT2D eigenvalue weighted by atomic mass is 35.5. The molecule has 98 valence electrons.